The molecule has 3 N–H and O–H groups in total. The van der Waals surface area contributed by atoms with Gasteiger partial charge in [0.05, 0.1) is 31.4 Å². The van der Waals surface area contributed by atoms with E-state index in [-0.39, 0.29) is 12.6 Å². The number of fused-ring (bicyclic) bond motifs is 1. The highest BCUT2D eigenvalue weighted by atomic mass is 16.6. The summed E-state index contributed by atoms with van der Waals surface area (Å²) in [7, 11) is 1.57. The first-order valence-corrected chi connectivity index (χ1v) is 10.1. The summed E-state index contributed by atoms with van der Waals surface area (Å²) in [6.45, 7) is 5.64. The van der Waals surface area contributed by atoms with Crippen molar-refractivity contribution in [1.29, 1.82) is 0 Å². The topological polar surface area (TPSA) is 110 Å². The number of hydrogen-bond donors (Lipinski definition) is 3. The molecular weight excluding hydrogens is 388 g/mol. The molecule has 8 nitrogen and oxygen atoms in total. The van der Waals surface area contributed by atoms with Crippen LogP contribution in [0.4, 0.5) is 4.79 Å². The van der Waals surface area contributed by atoms with Crippen molar-refractivity contribution in [2.75, 3.05) is 13.7 Å². The van der Waals surface area contributed by atoms with E-state index in [4.69, 9.17) is 14.2 Å². The lowest BCUT2D eigenvalue weighted by Gasteiger charge is -2.34. The molecule has 0 unspecified atom stereocenters. The predicted octanol–water partition coefficient (Wildman–Crippen LogP) is 2.71. The number of nitrogens with zero attached hydrogens (tertiary/aromatic N) is 1. The van der Waals surface area contributed by atoms with Crippen LogP contribution in [0.25, 0.3) is 10.9 Å². The first-order chi connectivity index (χ1) is 14.2. The molecule has 4 atom stereocenters. The molecule has 0 saturated carbocycles. The van der Waals surface area contributed by atoms with Gasteiger partial charge in [0.15, 0.2) is 0 Å². The first-order valence-electron chi connectivity index (χ1n) is 10.1. The van der Waals surface area contributed by atoms with Crippen LogP contribution in [0.3, 0.4) is 0 Å². The van der Waals surface area contributed by atoms with Gasteiger partial charge in [-0.25, -0.2) is 4.79 Å². The third kappa shape index (κ3) is 5.38. The molecule has 1 fully saturated rings. The van der Waals surface area contributed by atoms with Gasteiger partial charge in [0.25, 0.3) is 0 Å². The van der Waals surface area contributed by atoms with Gasteiger partial charge in [-0.05, 0) is 63.4 Å². The molecule has 0 spiro atoms. The average molecular weight is 418 g/mol. The molecule has 164 valence electrons. The van der Waals surface area contributed by atoms with Crippen molar-refractivity contribution >= 4 is 17.0 Å². The van der Waals surface area contributed by atoms with E-state index in [1.165, 1.54) is 0 Å². The number of ether oxygens (including phenoxy) is 3. The molecule has 0 radical (unpaired) electrons. The quantitative estimate of drug-likeness (QED) is 0.685. The zero-order chi connectivity index (χ0) is 21.9. The normalized spacial score (nSPS) is 21.7. The van der Waals surface area contributed by atoms with Gasteiger partial charge in [-0.15, -0.1) is 0 Å². The number of alkyl carbamates (subject to hydrolysis) is 1. The fourth-order valence-electron chi connectivity index (χ4n) is 3.55. The molecule has 1 aromatic carbocycles. The van der Waals surface area contributed by atoms with E-state index in [1.54, 1.807) is 58.3 Å². The van der Waals surface area contributed by atoms with Gasteiger partial charge in [-0.1, -0.05) is 0 Å². The summed E-state index contributed by atoms with van der Waals surface area (Å²) in [5.74, 6) is 0.642. The van der Waals surface area contributed by atoms with Crippen molar-refractivity contribution in [3.63, 3.8) is 0 Å². The SMILES string of the molecule is COc1ccc2nccc([C@@H](O)[C@@H](O)[C@@H]3CC[C@@H](NC(=O)OC(C)(C)C)CO3)c2c1. The number of methoxy groups -OCH3 is 1. The Bertz CT molecular complexity index is 874. The van der Waals surface area contributed by atoms with Gasteiger partial charge in [-0.2, -0.15) is 0 Å². The molecule has 2 aromatic rings. The molecule has 1 saturated heterocycles. The summed E-state index contributed by atoms with van der Waals surface area (Å²) < 4.78 is 16.3. The number of aromatic nitrogens is 1. The van der Waals surface area contributed by atoms with Gasteiger partial charge < -0.3 is 29.7 Å². The highest BCUT2D eigenvalue weighted by molar-refractivity contribution is 5.83. The van der Waals surface area contributed by atoms with Gasteiger partial charge in [0.2, 0.25) is 0 Å². The third-order valence-corrected chi connectivity index (χ3v) is 5.04. The second-order valence-electron chi connectivity index (χ2n) is 8.51. The Morgan fingerprint density at radius 1 is 1.27 bits per heavy atom. The second kappa shape index (κ2) is 9.16. The van der Waals surface area contributed by atoms with E-state index in [2.05, 4.69) is 10.3 Å². The Morgan fingerprint density at radius 3 is 2.67 bits per heavy atom. The van der Waals surface area contributed by atoms with Crippen LogP contribution in [0.2, 0.25) is 0 Å². The first kappa shape index (κ1) is 22.3. The van der Waals surface area contributed by atoms with E-state index in [0.717, 1.165) is 0 Å². The van der Waals surface area contributed by atoms with Crippen molar-refractivity contribution in [2.45, 2.75) is 63.6 Å². The lowest BCUT2D eigenvalue weighted by molar-refractivity contribution is -0.113. The maximum atomic E-state index is 11.9. The van der Waals surface area contributed by atoms with Crippen LogP contribution in [-0.2, 0) is 9.47 Å². The van der Waals surface area contributed by atoms with Crippen molar-refractivity contribution in [1.82, 2.24) is 10.3 Å². The second-order valence-corrected chi connectivity index (χ2v) is 8.51. The van der Waals surface area contributed by atoms with E-state index in [0.29, 0.717) is 35.1 Å². The summed E-state index contributed by atoms with van der Waals surface area (Å²) in [6, 6.07) is 6.87. The van der Waals surface area contributed by atoms with Gasteiger partial charge in [0.1, 0.15) is 23.6 Å². The molecule has 0 aliphatic carbocycles. The van der Waals surface area contributed by atoms with Crippen LogP contribution >= 0.6 is 0 Å². The predicted molar refractivity (Wildman–Crippen MR) is 111 cm³/mol. The fraction of sp³-hybridized carbons (Fsp3) is 0.545. The summed E-state index contributed by atoms with van der Waals surface area (Å²) >= 11 is 0. The lowest BCUT2D eigenvalue weighted by Crippen LogP contribution is -2.47. The van der Waals surface area contributed by atoms with Crippen LogP contribution in [0.1, 0.15) is 45.3 Å². The van der Waals surface area contributed by atoms with Gasteiger partial charge in [-0.3, -0.25) is 4.98 Å². The van der Waals surface area contributed by atoms with Crippen LogP contribution in [0.5, 0.6) is 5.75 Å². The smallest absolute Gasteiger partial charge is 0.407 e. The number of carbonyl (C=O) groups is 1. The summed E-state index contributed by atoms with van der Waals surface area (Å²) in [4.78, 5) is 16.2. The van der Waals surface area contributed by atoms with E-state index >= 15 is 0 Å². The highest BCUT2D eigenvalue weighted by Gasteiger charge is 2.34. The molecule has 1 amide bonds. The molecule has 30 heavy (non-hydrogen) atoms. The van der Waals surface area contributed by atoms with E-state index in [9.17, 15) is 15.0 Å². The van der Waals surface area contributed by atoms with Crippen molar-refractivity contribution in [3.8, 4) is 5.75 Å². The molecule has 1 aromatic heterocycles. The van der Waals surface area contributed by atoms with Crippen LogP contribution in [0.15, 0.2) is 30.5 Å². The number of pyridine rings is 1. The third-order valence-electron chi connectivity index (χ3n) is 5.04. The number of hydrogen-bond acceptors (Lipinski definition) is 7. The fourth-order valence-corrected chi connectivity index (χ4v) is 3.55. The molecule has 2 heterocycles. The number of nitrogens with one attached hydrogen (secondary N) is 1. The Labute approximate surface area is 176 Å². The van der Waals surface area contributed by atoms with Crippen LogP contribution < -0.4 is 10.1 Å². The van der Waals surface area contributed by atoms with Gasteiger partial charge >= 0.3 is 6.09 Å². The van der Waals surface area contributed by atoms with Gasteiger partial charge in [0, 0.05) is 11.6 Å². The minimum Gasteiger partial charge on any atom is -0.497 e. The monoisotopic (exact) mass is 418 g/mol. The van der Waals surface area contributed by atoms with E-state index in [1.807, 2.05) is 0 Å². The summed E-state index contributed by atoms with van der Waals surface area (Å²) in [5, 5.41) is 25.1. The highest BCUT2D eigenvalue weighted by Crippen LogP contribution is 2.31. The molecule has 1 aliphatic heterocycles. The molecular formula is C22H30N2O6. The number of aliphatic hydroxyl groups excluding tert-OH is 2. The van der Waals surface area contributed by atoms with Crippen LogP contribution in [-0.4, -0.2) is 58.9 Å². The molecule has 8 heteroatoms. The molecule has 1 aliphatic rings. The minimum absolute atomic E-state index is 0.202. The number of benzene rings is 1. The maximum Gasteiger partial charge on any atom is 0.407 e. The zero-order valence-electron chi connectivity index (χ0n) is 17.8. The van der Waals surface area contributed by atoms with Crippen molar-refractivity contribution in [3.05, 3.63) is 36.0 Å². The maximum absolute atomic E-state index is 11.9. The summed E-state index contributed by atoms with van der Waals surface area (Å²) in [6.07, 6.45) is -0.614. The Morgan fingerprint density at radius 2 is 2.03 bits per heavy atom. The largest absolute Gasteiger partial charge is 0.497 e. The number of amides is 1. The molecule has 0 bridgehead atoms. The average Bonchev–Trinajstić information content (AvgIpc) is 2.71. The Hall–Kier alpha value is -2.42. The Kier molecular flexibility index (Phi) is 6.80. The van der Waals surface area contributed by atoms with E-state index < -0.39 is 30.0 Å². The standard InChI is InChI=1S/C22H30N2O6/c1-22(2,3)30-21(27)24-13-5-8-18(29-12-13)20(26)19(25)15-9-10-23-17-7-6-14(28-4)11-16(15)17/h6-7,9-11,13,18-20,25-26H,5,8,12H2,1-4H3,(H,24,27)/t13-,18+,19-,20+/m1/s1. The minimum atomic E-state index is -1.15. The van der Waals surface area contributed by atoms with Crippen LogP contribution in [0, 0.1) is 0 Å². The number of carbonyl (C=O) groups excluding carboxylic acids is 1. The zero-order valence-corrected chi connectivity index (χ0v) is 17.8. The summed E-state index contributed by atoms with van der Waals surface area (Å²) in [5.41, 5.74) is 0.688. The Balaban J connectivity index is 1.63. The number of aliphatic hydroxyl groups is 2. The van der Waals surface area contributed by atoms with Crippen molar-refractivity contribution < 1.29 is 29.2 Å². The molecule has 3 rings (SSSR count). The lowest BCUT2D eigenvalue weighted by atomic mass is 9.93. The number of rotatable bonds is 5. The van der Waals surface area contributed by atoms with Crippen molar-refractivity contribution in [2.24, 2.45) is 0 Å².